The van der Waals surface area contributed by atoms with Crippen molar-refractivity contribution >= 4 is 32.9 Å². The molecule has 1 heterocycles. The van der Waals surface area contributed by atoms with Crippen molar-refractivity contribution in [3.63, 3.8) is 0 Å². The molecule has 2 aromatic carbocycles. The molecule has 0 aliphatic carbocycles. The molecule has 11 nitrogen and oxygen atoms in total. The van der Waals surface area contributed by atoms with Gasteiger partial charge in [-0.2, -0.15) is 8.78 Å². The van der Waals surface area contributed by atoms with E-state index in [0.29, 0.717) is 24.9 Å². The van der Waals surface area contributed by atoms with Gasteiger partial charge in [-0.1, -0.05) is 89.8 Å². The van der Waals surface area contributed by atoms with Gasteiger partial charge in [-0.05, 0) is 67.3 Å². The van der Waals surface area contributed by atoms with Gasteiger partial charge in [0.25, 0.3) is 5.66 Å². The molecular weight excluding hydrogens is 675 g/mol. The van der Waals surface area contributed by atoms with Crippen LogP contribution in [0.4, 0.5) is 8.78 Å². The van der Waals surface area contributed by atoms with Crippen molar-refractivity contribution in [2.45, 2.75) is 88.7 Å². The van der Waals surface area contributed by atoms with Gasteiger partial charge in [-0.3, -0.25) is 24.2 Å². The van der Waals surface area contributed by atoms with Crippen LogP contribution in [0.5, 0.6) is 0 Å². The van der Waals surface area contributed by atoms with Gasteiger partial charge in [0.15, 0.2) is 0 Å². The summed E-state index contributed by atoms with van der Waals surface area (Å²) in [7, 11) is 1.43. The van der Waals surface area contributed by atoms with Crippen LogP contribution in [0.15, 0.2) is 79.0 Å². The minimum atomic E-state index is -3.18. The lowest BCUT2D eigenvalue weighted by Gasteiger charge is -2.27. The van der Waals surface area contributed by atoms with E-state index in [1.165, 1.54) is 27.6 Å². The molecule has 3 aromatic rings. The fourth-order valence-corrected chi connectivity index (χ4v) is 5.52. The molecule has 4 amide bonds. The van der Waals surface area contributed by atoms with Gasteiger partial charge in [-0.25, -0.2) is 0 Å². The summed E-state index contributed by atoms with van der Waals surface area (Å²) in [6, 6.07) is 17.1. The Bertz CT molecular complexity index is 1540. The van der Waals surface area contributed by atoms with Crippen molar-refractivity contribution in [3.8, 4) is 0 Å². The number of pyridine rings is 1. The van der Waals surface area contributed by atoms with E-state index in [9.17, 15) is 28.0 Å². The number of amides is 4. The third-order valence-corrected chi connectivity index (χ3v) is 8.40. The number of carbonyl (C=O) groups is 4. The van der Waals surface area contributed by atoms with Crippen molar-refractivity contribution < 1.29 is 28.0 Å². The number of hydrogen-bond acceptors (Lipinski definition) is 7. The van der Waals surface area contributed by atoms with Crippen molar-refractivity contribution in [1.82, 2.24) is 26.3 Å². The second-order valence-electron chi connectivity index (χ2n) is 13.0. The van der Waals surface area contributed by atoms with Crippen LogP contribution in [0.3, 0.4) is 0 Å². The Morgan fingerprint density at radius 2 is 1.31 bits per heavy atom. The molecule has 0 bridgehead atoms. The van der Waals surface area contributed by atoms with E-state index in [1.54, 1.807) is 0 Å². The summed E-state index contributed by atoms with van der Waals surface area (Å²) in [5, 5.41) is 11.1. The molecule has 0 saturated heterocycles. The second kappa shape index (κ2) is 20.5. The highest BCUT2D eigenvalue weighted by Crippen LogP contribution is 2.33. The number of benzene rings is 2. The second-order valence-corrected chi connectivity index (χ2v) is 13.7. The average molecular weight is 726 g/mol. The largest absolute Gasteiger partial charge is 0.350 e. The van der Waals surface area contributed by atoms with E-state index in [-0.39, 0.29) is 38.1 Å². The van der Waals surface area contributed by atoms with Crippen LogP contribution in [-0.2, 0) is 44.2 Å². The zero-order valence-electron chi connectivity index (χ0n) is 29.1. The Labute approximate surface area is 300 Å². The highest BCUT2D eigenvalue weighted by Gasteiger charge is 2.31. The summed E-state index contributed by atoms with van der Waals surface area (Å²) in [5.74, 6) is -2.16. The number of unbranched alkanes of at least 4 members (excludes halogenated alkanes) is 1. The molecular formula is C37H50F2N7O4P. The maximum Gasteiger partial charge on any atom is 0.300 e. The van der Waals surface area contributed by atoms with Gasteiger partial charge in [0.1, 0.15) is 23.8 Å². The van der Waals surface area contributed by atoms with Crippen LogP contribution in [0.2, 0.25) is 0 Å². The molecule has 8 N–H and O–H groups in total. The summed E-state index contributed by atoms with van der Waals surface area (Å²) in [4.78, 5) is 57.9. The lowest BCUT2D eigenvalue weighted by Crippen LogP contribution is -2.58. The first kappa shape index (κ1) is 41.1. The van der Waals surface area contributed by atoms with Crippen molar-refractivity contribution in [1.29, 1.82) is 0 Å². The van der Waals surface area contributed by atoms with Gasteiger partial charge in [0, 0.05) is 19.2 Å². The summed E-state index contributed by atoms with van der Waals surface area (Å²) < 4.78 is 27.1. The van der Waals surface area contributed by atoms with Crippen LogP contribution in [0, 0.1) is 5.92 Å². The Kier molecular flexibility index (Phi) is 16.5. The first-order valence-corrected chi connectivity index (χ1v) is 17.7. The SMILES string of the molecule is CC(C)C[C@@H](NC(=O)[C@@H](Cc1ccccc1)NC(=O)[C@H](N)Cc1ccccc1)C(=O)N[C@H](CCCCN)C(=O)NCc1ccc(C(F)(F)P)nc1. The molecule has 51 heavy (non-hydrogen) atoms. The molecule has 14 heteroatoms. The van der Waals surface area contributed by atoms with Crippen LogP contribution < -0.4 is 32.7 Å². The average Bonchev–Trinajstić information content (AvgIpc) is 3.10. The highest BCUT2D eigenvalue weighted by atomic mass is 31.0. The lowest BCUT2D eigenvalue weighted by atomic mass is 9.99. The number of rotatable bonds is 20. The quantitative estimate of drug-likeness (QED) is 0.0765. The Hall–Kier alpha value is -4.32. The zero-order chi connectivity index (χ0) is 37.4. The van der Waals surface area contributed by atoms with E-state index in [0.717, 1.165) is 11.1 Å². The Balaban J connectivity index is 1.74. The van der Waals surface area contributed by atoms with E-state index < -0.39 is 59.2 Å². The van der Waals surface area contributed by atoms with Gasteiger partial charge < -0.3 is 32.7 Å². The number of carbonyl (C=O) groups excluding carboxylic acids is 4. The standard InChI is InChI=1S/C37H50F2N7O4P/c1-24(2)19-30(35(49)44-29(15-9-10-18-40)34(48)43-23-27-16-17-32(42-22-27)37(38,39)51)46-36(50)31(21-26-13-7-4-8-14-26)45-33(47)28(41)20-25-11-5-3-6-12-25/h3-8,11-14,16-17,22,24,28-31H,9-10,15,18-21,23,40-41,51H2,1-2H3,(H,43,48)(H,44,49)(H,45,47)(H,46,50)/t28-,29-,30-,31-/m1/s1. The summed E-state index contributed by atoms with van der Waals surface area (Å²) in [6.07, 6.45) is 3.38. The normalized spacial score (nSPS) is 13.8. The van der Waals surface area contributed by atoms with Crippen molar-refractivity contribution in [2.24, 2.45) is 17.4 Å². The van der Waals surface area contributed by atoms with E-state index >= 15 is 0 Å². The Morgan fingerprint density at radius 3 is 1.86 bits per heavy atom. The molecule has 0 aliphatic heterocycles. The number of nitrogens with zero attached hydrogens (tertiary/aromatic N) is 1. The van der Waals surface area contributed by atoms with E-state index in [2.05, 4.69) is 26.3 Å². The fourth-order valence-electron chi connectivity index (χ4n) is 5.35. The predicted octanol–water partition coefficient (Wildman–Crippen LogP) is 3.06. The molecule has 0 radical (unpaired) electrons. The molecule has 1 aromatic heterocycles. The smallest absolute Gasteiger partial charge is 0.300 e. The predicted molar refractivity (Wildman–Crippen MR) is 196 cm³/mol. The summed E-state index contributed by atoms with van der Waals surface area (Å²) in [6.45, 7) is 4.19. The van der Waals surface area contributed by atoms with Crippen LogP contribution in [0.1, 0.15) is 61.9 Å². The maximum absolute atomic E-state index is 13.8. The molecule has 5 atom stereocenters. The first-order chi connectivity index (χ1) is 24.3. The third-order valence-electron chi connectivity index (χ3n) is 8.10. The van der Waals surface area contributed by atoms with Crippen molar-refractivity contribution in [2.75, 3.05) is 6.54 Å². The van der Waals surface area contributed by atoms with Gasteiger partial charge in [0.2, 0.25) is 23.6 Å². The van der Waals surface area contributed by atoms with Crippen LogP contribution in [-0.4, -0.2) is 59.3 Å². The molecule has 1 unspecified atom stereocenters. The number of nitrogens with one attached hydrogen (secondary N) is 4. The van der Waals surface area contributed by atoms with Crippen molar-refractivity contribution in [3.05, 3.63) is 101 Å². The third kappa shape index (κ3) is 14.4. The van der Waals surface area contributed by atoms with Gasteiger partial charge in [-0.15, -0.1) is 0 Å². The molecule has 0 aliphatic rings. The highest BCUT2D eigenvalue weighted by molar-refractivity contribution is 7.17. The summed E-state index contributed by atoms with van der Waals surface area (Å²) in [5.41, 5.74) is 10.5. The number of nitrogens with two attached hydrogens (primary N) is 2. The van der Waals surface area contributed by atoms with E-state index in [1.807, 2.05) is 74.5 Å². The molecule has 0 saturated carbocycles. The van der Waals surface area contributed by atoms with E-state index in [4.69, 9.17) is 11.5 Å². The number of aromatic nitrogens is 1. The molecule has 3 rings (SSSR count). The monoisotopic (exact) mass is 725 g/mol. The number of alkyl halides is 2. The summed E-state index contributed by atoms with van der Waals surface area (Å²) >= 11 is 0. The minimum absolute atomic E-state index is 0.00274. The number of hydrogen-bond donors (Lipinski definition) is 6. The van der Waals surface area contributed by atoms with Crippen LogP contribution >= 0.6 is 9.24 Å². The topological polar surface area (TPSA) is 181 Å². The molecule has 276 valence electrons. The lowest BCUT2D eigenvalue weighted by molar-refractivity contribution is -0.134. The molecule has 0 spiro atoms. The Morgan fingerprint density at radius 1 is 0.745 bits per heavy atom. The van der Waals surface area contributed by atoms with Crippen LogP contribution in [0.25, 0.3) is 0 Å². The first-order valence-electron chi connectivity index (χ1n) is 17.1. The maximum atomic E-state index is 13.8. The van der Waals surface area contributed by atoms with Gasteiger partial charge >= 0.3 is 0 Å². The minimum Gasteiger partial charge on any atom is -0.350 e. The fraction of sp³-hybridized carbons (Fsp3) is 0.432. The molecule has 0 fully saturated rings. The number of halogens is 2. The zero-order valence-corrected chi connectivity index (χ0v) is 30.3. The van der Waals surface area contributed by atoms with Gasteiger partial charge in [0.05, 0.1) is 6.04 Å².